The van der Waals surface area contributed by atoms with Gasteiger partial charge in [0.2, 0.25) is 0 Å². The molecule has 1 unspecified atom stereocenters. The zero-order valence-corrected chi connectivity index (χ0v) is 6.80. The normalized spacial score (nSPS) is 12.0. The predicted molar refractivity (Wildman–Crippen MR) is 40.1 cm³/mol. The summed E-state index contributed by atoms with van der Waals surface area (Å²) in [7, 11) is 2.56. The second-order valence-electron chi connectivity index (χ2n) is 2.14. The largest absolute Gasteiger partial charge is 0.390 e. The van der Waals surface area contributed by atoms with Gasteiger partial charge in [0.25, 0.3) is 0 Å². The van der Waals surface area contributed by atoms with Crippen LogP contribution in [-0.2, 0) is 0 Å². The van der Waals surface area contributed by atoms with Crippen LogP contribution in [0.4, 0.5) is 0 Å². The summed E-state index contributed by atoms with van der Waals surface area (Å²) in [5, 5.41) is 9.42. The molecule has 1 N–H and O–H groups in total. The highest BCUT2D eigenvalue weighted by Gasteiger charge is 2.18. The van der Waals surface area contributed by atoms with Gasteiger partial charge >= 0.3 is 0 Å². The Morgan fingerprint density at radius 3 is 1.75 bits per heavy atom. The number of hydrogen-bond donors (Lipinski definition) is 1. The minimum absolute atomic E-state index is 0.412. The van der Waals surface area contributed by atoms with E-state index in [1.165, 1.54) is 0 Å². The van der Waals surface area contributed by atoms with E-state index in [2.05, 4.69) is 9.24 Å². The highest BCUT2D eigenvalue weighted by atomic mass is 31.0. The van der Waals surface area contributed by atoms with Gasteiger partial charge in [-0.1, -0.05) is 13.8 Å². The molecule has 0 aliphatic rings. The SMILES string of the molecule is CCC(O)(CC)CP. The molecule has 2 heteroatoms. The summed E-state index contributed by atoms with van der Waals surface area (Å²) >= 11 is 0. The van der Waals surface area contributed by atoms with E-state index in [9.17, 15) is 5.11 Å². The monoisotopic (exact) mass is 134 g/mol. The molecule has 0 aromatic heterocycles. The lowest BCUT2D eigenvalue weighted by Crippen LogP contribution is -2.27. The van der Waals surface area contributed by atoms with E-state index in [0.717, 1.165) is 19.0 Å². The van der Waals surface area contributed by atoms with Crippen molar-refractivity contribution in [3.05, 3.63) is 0 Å². The molecule has 0 radical (unpaired) electrons. The van der Waals surface area contributed by atoms with Crippen molar-refractivity contribution in [1.29, 1.82) is 0 Å². The van der Waals surface area contributed by atoms with E-state index in [1.807, 2.05) is 13.8 Å². The Hall–Kier alpha value is 0.390. The van der Waals surface area contributed by atoms with Crippen LogP contribution in [0.1, 0.15) is 26.7 Å². The van der Waals surface area contributed by atoms with Gasteiger partial charge in [-0.25, -0.2) is 0 Å². The van der Waals surface area contributed by atoms with Gasteiger partial charge in [-0.15, -0.1) is 9.24 Å². The first-order valence-electron chi connectivity index (χ1n) is 3.11. The Balaban J connectivity index is 3.58. The van der Waals surface area contributed by atoms with Gasteiger partial charge in [0.05, 0.1) is 5.60 Å². The summed E-state index contributed by atoms with van der Waals surface area (Å²) in [5.74, 6) is 0. The fraction of sp³-hybridized carbons (Fsp3) is 1.00. The maximum absolute atomic E-state index is 9.42. The van der Waals surface area contributed by atoms with Gasteiger partial charge in [-0.05, 0) is 19.0 Å². The molecule has 0 aliphatic carbocycles. The van der Waals surface area contributed by atoms with E-state index >= 15 is 0 Å². The second-order valence-corrected chi connectivity index (χ2v) is 2.54. The van der Waals surface area contributed by atoms with Gasteiger partial charge in [0.15, 0.2) is 0 Å². The third-order valence-corrected chi connectivity index (χ3v) is 2.46. The molecule has 0 saturated carbocycles. The molecule has 0 heterocycles. The molecule has 0 bridgehead atoms. The minimum atomic E-state index is -0.412. The summed E-state index contributed by atoms with van der Waals surface area (Å²) in [5.41, 5.74) is -0.412. The van der Waals surface area contributed by atoms with Crippen molar-refractivity contribution in [2.45, 2.75) is 32.3 Å². The van der Waals surface area contributed by atoms with Crippen molar-refractivity contribution in [2.24, 2.45) is 0 Å². The maximum atomic E-state index is 9.42. The summed E-state index contributed by atoms with van der Waals surface area (Å²) in [6, 6.07) is 0. The first-order valence-corrected chi connectivity index (χ1v) is 3.92. The van der Waals surface area contributed by atoms with Crippen LogP contribution in [0.25, 0.3) is 0 Å². The highest BCUT2D eigenvalue weighted by Crippen LogP contribution is 2.16. The smallest absolute Gasteiger partial charge is 0.0676 e. The maximum Gasteiger partial charge on any atom is 0.0676 e. The molecule has 8 heavy (non-hydrogen) atoms. The van der Waals surface area contributed by atoms with Crippen LogP contribution in [0, 0.1) is 0 Å². The first kappa shape index (κ1) is 8.39. The van der Waals surface area contributed by atoms with E-state index in [-0.39, 0.29) is 0 Å². The van der Waals surface area contributed by atoms with Crippen LogP contribution in [0.5, 0.6) is 0 Å². The van der Waals surface area contributed by atoms with Gasteiger partial charge in [-0.2, -0.15) is 0 Å². The minimum Gasteiger partial charge on any atom is -0.390 e. The second kappa shape index (κ2) is 3.42. The van der Waals surface area contributed by atoms with Crippen LogP contribution >= 0.6 is 9.24 Å². The molecule has 0 fully saturated rings. The number of rotatable bonds is 3. The molecule has 0 aromatic carbocycles. The number of hydrogen-bond acceptors (Lipinski definition) is 1. The van der Waals surface area contributed by atoms with Crippen molar-refractivity contribution < 1.29 is 5.11 Å². The van der Waals surface area contributed by atoms with Crippen molar-refractivity contribution in [3.63, 3.8) is 0 Å². The van der Waals surface area contributed by atoms with E-state index in [0.29, 0.717) is 0 Å². The Morgan fingerprint density at radius 2 is 1.75 bits per heavy atom. The summed E-state index contributed by atoms with van der Waals surface area (Å²) in [4.78, 5) is 0. The lowest BCUT2D eigenvalue weighted by atomic mass is 10.0. The fourth-order valence-electron chi connectivity index (χ4n) is 0.539. The average molecular weight is 134 g/mol. The molecule has 1 nitrogen and oxygen atoms in total. The van der Waals surface area contributed by atoms with E-state index in [4.69, 9.17) is 0 Å². The first-order chi connectivity index (χ1) is 3.68. The quantitative estimate of drug-likeness (QED) is 0.578. The molecule has 0 amide bonds. The molecular formula is C6H15OP. The molecule has 0 aromatic rings. The molecule has 0 rings (SSSR count). The zero-order chi connectivity index (χ0) is 6.62. The van der Waals surface area contributed by atoms with Crippen molar-refractivity contribution in [3.8, 4) is 0 Å². The van der Waals surface area contributed by atoms with Crippen LogP contribution in [0.15, 0.2) is 0 Å². The zero-order valence-electron chi connectivity index (χ0n) is 5.65. The van der Waals surface area contributed by atoms with E-state index in [1.54, 1.807) is 0 Å². The van der Waals surface area contributed by atoms with Crippen LogP contribution in [0.2, 0.25) is 0 Å². The van der Waals surface area contributed by atoms with Gasteiger partial charge in [0, 0.05) is 0 Å². The van der Waals surface area contributed by atoms with Crippen LogP contribution in [0.3, 0.4) is 0 Å². The Bertz CT molecular complexity index is 51.3. The summed E-state index contributed by atoms with van der Waals surface area (Å²) in [6.45, 7) is 4.01. The van der Waals surface area contributed by atoms with Gasteiger partial charge < -0.3 is 5.11 Å². The molecule has 50 valence electrons. The Labute approximate surface area is 53.7 Å². The molecule has 0 aliphatic heterocycles. The lowest BCUT2D eigenvalue weighted by molar-refractivity contribution is 0.0570. The van der Waals surface area contributed by atoms with Gasteiger partial charge in [-0.3, -0.25) is 0 Å². The number of aliphatic hydroxyl groups is 1. The molecule has 1 atom stereocenters. The third-order valence-electron chi connectivity index (χ3n) is 1.70. The van der Waals surface area contributed by atoms with Crippen LogP contribution < -0.4 is 0 Å². The van der Waals surface area contributed by atoms with Gasteiger partial charge in [0.1, 0.15) is 0 Å². The predicted octanol–water partition coefficient (Wildman–Crippen LogP) is 1.41. The summed E-state index contributed by atoms with van der Waals surface area (Å²) < 4.78 is 0. The van der Waals surface area contributed by atoms with Crippen molar-refractivity contribution in [2.75, 3.05) is 6.16 Å². The van der Waals surface area contributed by atoms with Crippen LogP contribution in [-0.4, -0.2) is 16.9 Å². The third kappa shape index (κ3) is 2.11. The topological polar surface area (TPSA) is 20.2 Å². The standard InChI is InChI=1S/C6H15OP/c1-3-6(7,4-2)5-8/h7H,3-5,8H2,1-2H3. The fourth-order valence-corrected chi connectivity index (χ4v) is 1.12. The lowest BCUT2D eigenvalue weighted by Gasteiger charge is -2.22. The Kier molecular flexibility index (Phi) is 3.59. The Morgan fingerprint density at radius 1 is 1.38 bits per heavy atom. The van der Waals surface area contributed by atoms with E-state index < -0.39 is 5.60 Å². The molecular weight excluding hydrogens is 119 g/mol. The molecule has 0 saturated heterocycles. The highest BCUT2D eigenvalue weighted by molar-refractivity contribution is 7.16. The van der Waals surface area contributed by atoms with Crippen molar-refractivity contribution >= 4 is 9.24 Å². The molecule has 0 spiro atoms. The average Bonchev–Trinajstić information content (AvgIpc) is 1.87. The van der Waals surface area contributed by atoms with Crippen molar-refractivity contribution in [1.82, 2.24) is 0 Å². The summed E-state index contributed by atoms with van der Waals surface area (Å²) in [6.07, 6.45) is 2.50.